The van der Waals surface area contributed by atoms with Crippen LogP contribution in [0, 0.1) is 0 Å². The Balaban J connectivity index is 1.56. The molecule has 0 aliphatic carbocycles. The predicted octanol–water partition coefficient (Wildman–Crippen LogP) is -0.0112. The summed E-state index contributed by atoms with van der Waals surface area (Å²) in [5.74, 6) is 2.01. The molecular weight excluding hydrogens is 250 g/mol. The first-order valence-electron chi connectivity index (χ1n) is 5.90. The van der Waals surface area contributed by atoms with Crippen molar-refractivity contribution in [3.8, 4) is 0 Å². The molecule has 0 N–H and O–H groups in total. The minimum absolute atomic E-state index is 0.861. The van der Waals surface area contributed by atoms with Gasteiger partial charge in [0.05, 0.1) is 24.5 Å². The van der Waals surface area contributed by atoms with Gasteiger partial charge >= 0.3 is 0 Å². The second kappa shape index (κ2) is 4.99. The van der Waals surface area contributed by atoms with Gasteiger partial charge in [0.15, 0.2) is 5.82 Å². The average molecular weight is 265 g/mol. The lowest BCUT2D eigenvalue weighted by molar-refractivity contribution is 0.241. The van der Waals surface area contributed by atoms with Crippen LogP contribution in [0.25, 0.3) is 0 Å². The van der Waals surface area contributed by atoms with Crippen LogP contribution in [0.2, 0.25) is 0 Å². The van der Waals surface area contributed by atoms with Crippen LogP contribution in [0.15, 0.2) is 12.5 Å². The van der Waals surface area contributed by atoms with Crippen LogP contribution in [0.5, 0.6) is 0 Å². The topological polar surface area (TPSA) is 63.0 Å². The molecule has 3 rings (SSSR count). The summed E-state index contributed by atoms with van der Waals surface area (Å²) in [6, 6.07) is 0. The molecular formula is C10H15N7S. The van der Waals surface area contributed by atoms with Gasteiger partial charge in [-0.1, -0.05) is 0 Å². The highest BCUT2D eigenvalue weighted by atomic mass is 32.1. The van der Waals surface area contributed by atoms with Crippen LogP contribution < -0.4 is 4.90 Å². The van der Waals surface area contributed by atoms with E-state index in [2.05, 4.69) is 28.7 Å². The van der Waals surface area contributed by atoms with Crippen molar-refractivity contribution in [2.45, 2.75) is 6.54 Å². The number of hydrogen-bond donors (Lipinski definition) is 0. The van der Waals surface area contributed by atoms with Gasteiger partial charge in [-0.3, -0.25) is 4.90 Å². The summed E-state index contributed by atoms with van der Waals surface area (Å²) in [5.41, 5.74) is 0. The first-order chi connectivity index (χ1) is 8.83. The Morgan fingerprint density at radius 1 is 1.28 bits per heavy atom. The molecule has 0 atom stereocenters. The summed E-state index contributed by atoms with van der Waals surface area (Å²) in [7, 11) is 1.98. The van der Waals surface area contributed by atoms with Gasteiger partial charge in [0, 0.05) is 33.2 Å². The molecule has 18 heavy (non-hydrogen) atoms. The maximum Gasteiger partial charge on any atom is 0.162 e. The van der Waals surface area contributed by atoms with E-state index < -0.39 is 0 Å². The lowest BCUT2D eigenvalue weighted by atomic mass is 10.3. The second-order valence-corrected chi connectivity index (χ2v) is 4.94. The molecule has 0 unspecified atom stereocenters. The van der Waals surface area contributed by atoms with Crippen molar-refractivity contribution >= 4 is 17.5 Å². The molecule has 2 aromatic heterocycles. The molecule has 7 nitrogen and oxygen atoms in total. The number of piperazine rings is 1. The fraction of sp³-hybridized carbons (Fsp3) is 0.600. The van der Waals surface area contributed by atoms with E-state index in [-0.39, 0.29) is 0 Å². The minimum Gasteiger partial charge on any atom is -0.352 e. The SMILES string of the molecule is Cn1cnnc1CN1CCN(c2cnsn2)CC1. The van der Waals surface area contributed by atoms with Crippen molar-refractivity contribution in [1.82, 2.24) is 28.4 Å². The molecule has 2 aromatic rings. The summed E-state index contributed by atoms with van der Waals surface area (Å²) < 4.78 is 10.3. The lowest BCUT2D eigenvalue weighted by Crippen LogP contribution is -2.46. The van der Waals surface area contributed by atoms with Crippen LogP contribution in [0.4, 0.5) is 5.82 Å². The Morgan fingerprint density at radius 2 is 2.11 bits per heavy atom. The predicted molar refractivity (Wildman–Crippen MR) is 68.4 cm³/mol. The number of hydrogen-bond acceptors (Lipinski definition) is 7. The van der Waals surface area contributed by atoms with Gasteiger partial charge in [0.2, 0.25) is 0 Å². The zero-order valence-corrected chi connectivity index (χ0v) is 11.0. The van der Waals surface area contributed by atoms with E-state index in [4.69, 9.17) is 0 Å². The Hall–Kier alpha value is -1.54. The Kier molecular flexibility index (Phi) is 3.20. The van der Waals surface area contributed by atoms with E-state index >= 15 is 0 Å². The Morgan fingerprint density at radius 3 is 2.72 bits per heavy atom. The van der Waals surface area contributed by atoms with Gasteiger partial charge in [-0.15, -0.1) is 10.2 Å². The normalized spacial score (nSPS) is 17.3. The number of aryl methyl sites for hydroxylation is 1. The van der Waals surface area contributed by atoms with E-state index in [1.165, 1.54) is 11.7 Å². The average Bonchev–Trinajstić information content (AvgIpc) is 3.03. The molecule has 0 saturated carbocycles. The van der Waals surface area contributed by atoms with Crippen molar-refractivity contribution in [3.05, 3.63) is 18.3 Å². The smallest absolute Gasteiger partial charge is 0.162 e. The van der Waals surface area contributed by atoms with Gasteiger partial charge in [-0.25, -0.2) is 0 Å². The van der Waals surface area contributed by atoms with E-state index in [0.717, 1.165) is 44.4 Å². The van der Waals surface area contributed by atoms with Crippen LogP contribution >= 0.6 is 11.7 Å². The summed E-state index contributed by atoms with van der Waals surface area (Å²) in [6.45, 7) is 4.88. The standard InChI is InChI=1S/C10H15N7S/c1-15-8-11-13-10(15)7-16-2-4-17(5-3-16)9-6-12-18-14-9/h6,8H,2-5,7H2,1H3. The highest BCUT2D eigenvalue weighted by Gasteiger charge is 2.19. The van der Waals surface area contributed by atoms with Crippen LogP contribution in [-0.2, 0) is 13.6 Å². The van der Waals surface area contributed by atoms with Gasteiger partial charge in [-0.2, -0.15) is 8.75 Å². The maximum atomic E-state index is 4.27. The quantitative estimate of drug-likeness (QED) is 0.778. The molecule has 1 saturated heterocycles. The first kappa shape index (κ1) is 11.5. The molecule has 0 radical (unpaired) electrons. The van der Waals surface area contributed by atoms with Crippen molar-refractivity contribution in [2.24, 2.45) is 7.05 Å². The van der Waals surface area contributed by atoms with Gasteiger partial charge in [0.25, 0.3) is 0 Å². The molecule has 0 amide bonds. The molecule has 1 fully saturated rings. The Bertz CT molecular complexity index is 486. The van der Waals surface area contributed by atoms with Gasteiger partial charge in [0.1, 0.15) is 12.2 Å². The largest absolute Gasteiger partial charge is 0.352 e. The number of nitrogens with zero attached hydrogens (tertiary/aromatic N) is 7. The first-order valence-corrected chi connectivity index (χ1v) is 6.64. The van der Waals surface area contributed by atoms with Crippen LogP contribution in [0.1, 0.15) is 5.82 Å². The van der Waals surface area contributed by atoms with Crippen LogP contribution in [0.3, 0.4) is 0 Å². The van der Waals surface area contributed by atoms with E-state index in [9.17, 15) is 0 Å². The van der Waals surface area contributed by atoms with Crippen molar-refractivity contribution in [3.63, 3.8) is 0 Å². The number of anilines is 1. The van der Waals surface area contributed by atoms with Crippen LogP contribution in [-0.4, -0.2) is 54.6 Å². The summed E-state index contributed by atoms with van der Waals surface area (Å²) in [4.78, 5) is 4.66. The summed E-state index contributed by atoms with van der Waals surface area (Å²) in [5, 5.41) is 8.02. The maximum absolute atomic E-state index is 4.27. The molecule has 8 heteroatoms. The monoisotopic (exact) mass is 265 g/mol. The van der Waals surface area contributed by atoms with Crippen molar-refractivity contribution in [2.75, 3.05) is 31.1 Å². The lowest BCUT2D eigenvalue weighted by Gasteiger charge is -2.34. The van der Waals surface area contributed by atoms with E-state index in [0.29, 0.717) is 0 Å². The number of aromatic nitrogens is 5. The summed E-state index contributed by atoms with van der Waals surface area (Å²) in [6.07, 6.45) is 3.58. The molecule has 0 bridgehead atoms. The zero-order valence-electron chi connectivity index (χ0n) is 10.2. The summed E-state index contributed by atoms with van der Waals surface area (Å²) >= 11 is 1.26. The minimum atomic E-state index is 0.861. The third kappa shape index (κ3) is 2.34. The fourth-order valence-electron chi connectivity index (χ4n) is 2.08. The molecule has 96 valence electrons. The highest BCUT2D eigenvalue weighted by molar-refractivity contribution is 6.99. The molecule has 0 aromatic carbocycles. The van der Waals surface area contributed by atoms with E-state index in [1.54, 1.807) is 6.33 Å². The highest BCUT2D eigenvalue weighted by Crippen LogP contribution is 2.14. The molecule has 0 spiro atoms. The molecule has 1 aliphatic rings. The van der Waals surface area contributed by atoms with E-state index in [1.807, 2.05) is 17.8 Å². The molecule has 3 heterocycles. The third-order valence-electron chi connectivity index (χ3n) is 3.22. The molecule has 1 aliphatic heterocycles. The van der Waals surface area contributed by atoms with Crippen molar-refractivity contribution < 1.29 is 0 Å². The fourth-order valence-corrected chi connectivity index (χ4v) is 2.52. The zero-order chi connectivity index (χ0) is 12.4. The Labute approximate surface area is 109 Å². The third-order valence-corrected chi connectivity index (χ3v) is 3.68. The van der Waals surface area contributed by atoms with Gasteiger partial charge < -0.3 is 9.47 Å². The van der Waals surface area contributed by atoms with Crippen molar-refractivity contribution in [1.29, 1.82) is 0 Å². The van der Waals surface area contributed by atoms with Gasteiger partial charge in [-0.05, 0) is 0 Å². The second-order valence-electron chi connectivity index (χ2n) is 4.39. The number of rotatable bonds is 3.